The Labute approximate surface area is 189 Å². The van der Waals surface area contributed by atoms with Crippen LogP contribution in [0.25, 0.3) is 0 Å². The fourth-order valence-electron chi connectivity index (χ4n) is 4.08. The number of nitrogens with zero attached hydrogens (tertiary/aromatic N) is 3. The monoisotopic (exact) mass is 481 g/mol. The molecule has 2 aliphatic heterocycles. The molecule has 0 atom stereocenters. The quantitative estimate of drug-likeness (QED) is 0.676. The van der Waals surface area contributed by atoms with E-state index in [-0.39, 0.29) is 37.8 Å². The zero-order valence-electron chi connectivity index (χ0n) is 17.6. The standard InChI is InChI=1S/C22H22F3N3O4S/c23-22(24,25)19-5-2-1-4-18(19)21(30)27-13-11-26(12-14-27)20(29)16-6-8-17(9-7-16)28-10-3-15-33(28,31)32/h1-2,4-9H,3,10-15H2. The topological polar surface area (TPSA) is 78.0 Å². The lowest BCUT2D eigenvalue weighted by Gasteiger charge is -2.35. The van der Waals surface area contributed by atoms with Crippen LogP contribution in [0.4, 0.5) is 18.9 Å². The number of piperazine rings is 1. The van der Waals surface area contributed by atoms with Gasteiger partial charge in [-0.3, -0.25) is 13.9 Å². The van der Waals surface area contributed by atoms with Gasteiger partial charge in [-0.1, -0.05) is 12.1 Å². The van der Waals surface area contributed by atoms with E-state index in [1.165, 1.54) is 26.2 Å². The summed E-state index contributed by atoms with van der Waals surface area (Å²) in [7, 11) is -3.31. The highest BCUT2D eigenvalue weighted by Gasteiger charge is 2.36. The Bertz CT molecular complexity index is 1160. The maximum absolute atomic E-state index is 13.2. The van der Waals surface area contributed by atoms with Gasteiger partial charge in [-0.15, -0.1) is 0 Å². The molecule has 7 nitrogen and oxygen atoms in total. The van der Waals surface area contributed by atoms with Crippen LogP contribution in [0.1, 0.15) is 32.7 Å². The minimum absolute atomic E-state index is 0.101. The summed E-state index contributed by atoms with van der Waals surface area (Å²) < 4.78 is 65.1. The highest BCUT2D eigenvalue weighted by molar-refractivity contribution is 7.93. The number of hydrogen-bond donors (Lipinski definition) is 0. The van der Waals surface area contributed by atoms with E-state index in [1.54, 1.807) is 24.3 Å². The molecule has 2 amide bonds. The molecule has 2 fully saturated rings. The summed E-state index contributed by atoms with van der Waals surface area (Å²) in [6, 6.07) is 11.0. The van der Waals surface area contributed by atoms with Crippen LogP contribution >= 0.6 is 0 Å². The van der Waals surface area contributed by atoms with Crippen LogP contribution in [0.15, 0.2) is 48.5 Å². The second-order valence-corrected chi connectivity index (χ2v) is 9.93. The van der Waals surface area contributed by atoms with Crippen molar-refractivity contribution >= 4 is 27.5 Å². The van der Waals surface area contributed by atoms with Crippen molar-refractivity contribution in [1.29, 1.82) is 0 Å². The van der Waals surface area contributed by atoms with Gasteiger partial charge in [-0.2, -0.15) is 13.2 Å². The average Bonchev–Trinajstić information content (AvgIpc) is 3.16. The molecule has 0 spiro atoms. The highest BCUT2D eigenvalue weighted by Crippen LogP contribution is 2.32. The molecular formula is C22H22F3N3O4S. The van der Waals surface area contributed by atoms with Crippen molar-refractivity contribution in [3.63, 3.8) is 0 Å². The van der Waals surface area contributed by atoms with Crippen LogP contribution in [0.3, 0.4) is 0 Å². The van der Waals surface area contributed by atoms with Gasteiger partial charge in [-0.25, -0.2) is 8.42 Å². The maximum Gasteiger partial charge on any atom is 0.417 e. The van der Waals surface area contributed by atoms with Crippen LogP contribution in [0, 0.1) is 0 Å². The highest BCUT2D eigenvalue weighted by atomic mass is 32.2. The van der Waals surface area contributed by atoms with Crippen LogP contribution in [0.5, 0.6) is 0 Å². The van der Waals surface area contributed by atoms with E-state index in [2.05, 4.69) is 0 Å². The summed E-state index contributed by atoms with van der Waals surface area (Å²) in [6.07, 6.45) is -4.08. The molecule has 2 aromatic rings. The van der Waals surface area contributed by atoms with Crippen molar-refractivity contribution in [2.45, 2.75) is 12.6 Å². The third kappa shape index (κ3) is 4.68. The SMILES string of the molecule is O=C(c1ccc(N2CCCS2(=O)=O)cc1)N1CCN(C(=O)c2ccccc2C(F)(F)F)CC1. The van der Waals surface area contributed by atoms with Crippen LogP contribution in [-0.2, 0) is 16.2 Å². The number of carbonyl (C=O) groups excluding carboxylic acids is 2. The maximum atomic E-state index is 13.2. The molecule has 0 N–H and O–H groups in total. The summed E-state index contributed by atoms with van der Waals surface area (Å²) in [4.78, 5) is 28.4. The third-order valence-corrected chi connectivity index (χ3v) is 7.69. The molecule has 0 aromatic heterocycles. The number of amides is 2. The summed E-state index contributed by atoms with van der Waals surface area (Å²) in [6.45, 7) is 0.993. The Kier molecular flexibility index (Phi) is 6.08. The zero-order valence-corrected chi connectivity index (χ0v) is 18.4. The summed E-state index contributed by atoms with van der Waals surface area (Å²) in [5.41, 5.74) is -0.508. The fourth-order valence-corrected chi connectivity index (χ4v) is 5.65. The molecule has 0 bridgehead atoms. The molecule has 2 heterocycles. The van der Waals surface area contributed by atoms with Crippen molar-refractivity contribution in [2.75, 3.05) is 42.8 Å². The number of benzene rings is 2. The average molecular weight is 481 g/mol. The first-order valence-electron chi connectivity index (χ1n) is 10.4. The van der Waals surface area contributed by atoms with E-state index in [4.69, 9.17) is 0 Å². The summed E-state index contributed by atoms with van der Waals surface area (Å²) in [5.74, 6) is -0.899. The number of halogens is 3. The molecule has 11 heteroatoms. The Hall–Kier alpha value is -3.08. The molecule has 2 saturated heterocycles. The Morgan fingerprint density at radius 1 is 0.788 bits per heavy atom. The van der Waals surface area contributed by atoms with Gasteiger partial charge >= 0.3 is 6.18 Å². The molecule has 2 aliphatic rings. The van der Waals surface area contributed by atoms with Gasteiger partial charge in [0.2, 0.25) is 10.0 Å². The van der Waals surface area contributed by atoms with Crippen molar-refractivity contribution in [3.05, 3.63) is 65.2 Å². The molecule has 0 radical (unpaired) electrons. The summed E-state index contributed by atoms with van der Waals surface area (Å²) >= 11 is 0. The number of hydrogen-bond acceptors (Lipinski definition) is 4. The first-order valence-corrected chi connectivity index (χ1v) is 12.0. The normalized spacial score (nSPS) is 18.5. The van der Waals surface area contributed by atoms with E-state index in [9.17, 15) is 31.2 Å². The van der Waals surface area contributed by atoms with Crippen LogP contribution < -0.4 is 4.31 Å². The van der Waals surface area contributed by atoms with E-state index in [0.717, 1.165) is 12.1 Å². The van der Waals surface area contributed by atoms with Gasteiger partial charge in [0.1, 0.15) is 0 Å². The molecule has 2 aromatic carbocycles. The van der Waals surface area contributed by atoms with Gasteiger partial charge in [0, 0.05) is 38.3 Å². The minimum atomic E-state index is -4.63. The van der Waals surface area contributed by atoms with E-state index in [0.29, 0.717) is 24.2 Å². The largest absolute Gasteiger partial charge is 0.417 e. The van der Waals surface area contributed by atoms with Gasteiger partial charge < -0.3 is 9.80 Å². The fraction of sp³-hybridized carbons (Fsp3) is 0.364. The molecule has 0 unspecified atom stereocenters. The number of rotatable bonds is 3. The predicted molar refractivity (Wildman–Crippen MR) is 115 cm³/mol. The number of sulfonamides is 1. The molecule has 176 valence electrons. The summed E-state index contributed by atoms with van der Waals surface area (Å²) in [5, 5.41) is 0. The molecule has 4 rings (SSSR count). The van der Waals surface area contributed by atoms with E-state index in [1.807, 2.05) is 0 Å². The van der Waals surface area contributed by atoms with Crippen LogP contribution in [0.2, 0.25) is 0 Å². The van der Waals surface area contributed by atoms with Gasteiger partial charge in [0.05, 0.1) is 22.6 Å². The number of carbonyl (C=O) groups is 2. The van der Waals surface area contributed by atoms with Gasteiger partial charge in [0.15, 0.2) is 0 Å². The first-order chi connectivity index (χ1) is 15.6. The zero-order chi connectivity index (χ0) is 23.8. The van der Waals surface area contributed by atoms with Gasteiger partial charge in [-0.05, 0) is 42.8 Å². The third-order valence-electron chi connectivity index (χ3n) is 5.82. The van der Waals surface area contributed by atoms with Gasteiger partial charge in [0.25, 0.3) is 11.8 Å². The lowest BCUT2D eigenvalue weighted by atomic mass is 10.1. The van der Waals surface area contributed by atoms with Crippen molar-refractivity contribution in [1.82, 2.24) is 9.80 Å². The van der Waals surface area contributed by atoms with E-state index < -0.39 is 33.2 Å². The predicted octanol–water partition coefficient (Wildman–Crippen LogP) is 2.84. The Balaban J connectivity index is 1.40. The van der Waals surface area contributed by atoms with Crippen molar-refractivity contribution in [2.24, 2.45) is 0 Å². The first kappa shape index (κ1) is 23.1. The minimum Gasteiger partial charge on any atom is -0.335 e. The lowest BCUT2D eigenvalue weighted by molar-refractivity contribution is -0.138. The molecule has 0 aliphatic carbocycles. The number of anilines is 1. The molecule has 33 heavy (non-hydrogen) atoms. The van der Waals surface area contributed by atoms with E-state index >= 15 is 0 Å². The Morgan fingerprint density at radius 2 is 1.36 bits per heavy atom. The van der Waals surface area contributed by atoms with Crippen LogP contribution in [-0.4, -0.2) is 68.5 Å². The van der Waals surface area contributed by atoms with Crippen molar-refractivity contribution < 1.29 is 31.2 Å². The molecule has 0 saturated carbocycles. The Morgan fingerprint density at radius 3 is 1.91 bits per heavy atom. The second-order valence-electron chi connectivity index (χ2n) is 7.92. The lowest BCUT2D eigenvalue weighted by Crippen LogP contribution is -2.50. The number of alkyl halides is 3. The second kappa shape index (κ2) is 8.69. The smallest absolute Gasteiger partial charge is 0.335 e. The van der Waals surface area contributed by atoms with Crippen molar-refractivity contribution in [3.8, 4) is 0 Å². The molecular weight excluding hydrogens is 459 g/mol.